The fourth-order valence-corrected chi connectivity index (χ4v) is 3.95. The SMILES string of the molecule is CCNC(=NCc1ccccc1CN1CCCC1=O)NC1CCN(C(=O)CC)C1.I. The van der Waals surface area contributed by atoms with E-state index in [-0.39, 0.29) is 41.8 Å². The van der Waals surface area contributed by atoms with Gasteiger partial charge in [-0.15, -0.1) is 24.0 Å². The zero-order chi connectivity index (χ0) is 20.6. The number of amides is 2. The molecule has 8 heteroatoms. The number of hydrogen-bond donors (Lipinski definition) is 2. The van der Waals surface area contributed by atoms with Crippen LogP contribution in [0.2, 0.25) is 0 Å². The number of benzene rings is 1. The van der Waals surface area contributed by atoms with E-state index in [1.165, 1.54) is 0 Å². The zero-order valence-corrected chi connectivity index (χ0v) is 20.4. The molecule has 2 amide bonds. The first-order valence-corrected chi connectivity index (χ1v) is 10.8. The van der Waals surface area contributed by atoms with Crippen LogP contribution in [0, 0.1) is 0 Å². The van der Waals surface area contributed by atoms with Gasteiger partial charge in [-0.2, -0.15) is 0 Å². The maximum absolute atomic E-state index is 12.0. The number of guanidine groups is 1. The summed E-state index contributed by atoms with van der Waals surface area (Å²) in [6, 6.07) is 8.43. The van der Waals surface area contributed by atoms with Gasteiger partial charge in [-0.25, -0.2) is 4.99 Å². The molecule has 0 aliphatic carbocycles. The fraction of sp³-hybridized carbons (Fsp3) is 0.591. The first kappa shape index (κ1) is 24.4. The average molecular weight is 527 g/mol. The Labute approximate surface area is 196 Å². The van der Waals surface area contributed by atoms with E-state index < -0.39 is 0 Å². The van der Waals surface area contributed by atoms with Gasteiger partial charge in [0, 0.05) is 51.6 Å². The van der Waals surface area contributed by atoms with Crippen LogP contribution in [0.15, 0.2) is 29.3 Å². The molecule has 0 bridgehead atoms. The van der Waals surface area contributed by atoms with Gasteiger partial charge in [0.05, 0.1) is 6.54 Å². The molecule has 30 heavy (non-hydrogen) atoms. The lowest BCUT2D eigenvalue weighted by Gasteiger charge is -2.19. The number of aliphatic imine (C=N–C) groups is 1. The van der Waals surface area contributed by atoms with Crippen molar-refractivity contribution in [3.8, 4) is 0 Å². The zero-order valence-electron chi connectivity index (χ0n) is 18.0. The molecule has 2 aliphatic rings. The van der Waals surface area contributed by atoms with Crippen molar-refractivity contribution >= 4 is 41.8 Å². The first-order chi connectivity index (χ1) is 14.1. The largest absolute Gasteiger partial charge is 0.357 e. The molecule has 2 heterocycles. The maximum Gasteiger partial charge on any atom is 0.222 e. The van der Waals surface area contributed by atoms with Crippen LogP contribution < -0.4 is 10.6 Å². The maximum atomic E-state index is 12.0. The van der Waals surface area contributed by atoms with Crippen molar-refractivity contribution in [3.63, 3.8) is 0 Å². The van der Waals surface area contributed by atoms with Crippen LogP contribution >= 0.6 is 24.0 Å². The van der Waals surface area contributed by atoms with E-state index in [4.69, 9.17) is 4.99 Å². The summed E-state index contributed by atoms with van der Waals surface area (Å²) in [6.07, 6.45) is 3.10. The smallest absolute Gasteiger partial charge is 0.222 e. The molecular weight excluding hydrogens is 493 g/mol. The minimum atomic E-state index is 0. The van der Waals surface area contributed by atoms with Gasteiger partial charge in [0.25, 0.3) is 0 Å². The summed E-state index contributed by atoms with van der Waals surface area (Å²) in [7, 11) is 0. The van der Waals surface area contributed by atoms with Crippen LogP contribution in [-0.2, 0) is 22.7 Å². The normalized spacial score (nSPS) is 19.1. The Morgan fingerprint density at radius 3 is 2.63 bits per heavy atom. The predicted molar refractivity (Wildman–Crippen MR) is 130 cm³/mol. The van der Waals surface area contributed by atoms with Crippen molar-refractivity contribution < 1.29 is 9.59 Å². The van der Waals surface area contributed by atoms with Crippen LogP contribution in [0.3, 0.4) is 0 Å². The number of rotatable bonds is 7. The van der Waals surface area contributed by atoms with Crippen molar-refractivity contribution in [1.29, 1.82) is 0 Å². The summed E-state index contributed by atoms with van der Waals surface area (Å²) >= 11 is 0. The summed E-state index contributed by atoms with van der Waals surface area (Å²) in [5.41, 5.74) is 2.29. The second-order valence-electron chi connectivity index (χ2n) is 7.71. The molecule has 0 saturated carbocycles. The van der Waals surface area contributed by atoms with Crippen molar-refractivity contribution in [2.75, 3.05) is 26.2 Å². The van der Waals surface area contributed by atoms with Gasteiger partial charge in [-0.1, -0.05) is 31.2 Å². The van der Waals surface area contributed by atoms with E-state index in [1.54, 1.807) is 0 Å². The van der Waals surface area contributed by atoms with E-state index >= 15 is 0 Å². The van der Waals surface area contributed by atoms with Crippen LogP contribution in [0.1, 0.15) is 50.7 Å². The van der Waals surface area contributed by atoms with Gasteiger partial charge in [0.1, 0.15) is 0 Å². The quantitative estimate of drug-likeness (QED) is 0.325. The third kappa shape index (κ3) is 6.58. The van der Waals surface area contributed by atoms with Gasteiger partial charge in [0.15, 0.2) is 5.96 Å². The molecule has 0 spiro atoms. The molecule has 2 fully saturated rings. The molecule has 1 atom stereocenters. The Balaban J connectivity index is 0.00000320. The van der Waals surface area contributed by atoms with Crippen molar-refractivity contribution in [2.24, 2.45) is 4.99 Å². The molecule has 7 nitrogen and oxygen atoms in total. The van der Waals surface area contributed by atoms with Crippen molar-refractivity contribution in [1.82, 2.24) is 20.4 Å². The monoisotopic (exact) mass is 527 g/mol. The van der Waals surface area contributed by atoms with E-state index in [1.807, 2.05) is 35.8 Å². The Bertz CT molecular complexity index is 755. The summed E-state index contributed by atoms with van der Waals surface area (Å²) < 4.78 is 0. The summed E-state index contributed by atoms with van der Waals surface area (Å²) in [5, 5.41) is 6.78. The number of carbonyl (C=O) groups excluding carboxylic acids is 2. The lowest BCUT2D eigenvalue weighted by molar-refractivity contribution is -0.130. The van der Waals surface area contributed by atoms with Crippen LogP contribution in [0.5, 0.6) is 0 Å². The molecule has 0 aromatic heterocycles. The minimum absolute atomic E-state index is 0. The first-order valence-electron chi connectivity index (χ1n) is 10.8. The van der Waals surface area contributed by atoms with Gasteiger partial charge in [0.2, 0.25) is 11.8 Å². The van der Waals surface area contributed by atoms with E-state index in [0.29, 0.717) is 25.9 Å². The molecule has 166 valence electrons. The number of likely N-dealkylation sites (tertiary alicyclic amines) is 2. The molecule has 2 N–H and O–H groups in total. The third-order valence-electron chi connectivity index (χ3n) is 5.59. The molecular formula is C22H34IN5O2. The van der Waals surface area contributed by atoms with Crippen LogP contribution in [0.25, 0.3) is 0 Å². The lowest BCUT2D eigenvalue weighted by Crippen LogP contribution is -2.45. The van der Waals surface area contributed by atoms with E-state index in [9.17, 15) is 9.59 Å². The predicted octanol–water partition coefficient (Wildman–Crippen LogP) is 2.49. The number of carbonyl (C=O) groups is 2. The number of halogens is 1. The molecule has 1 unspecified atom stereocenters. The number of nitrogens with zero attached hydrogens (tertiary/aromatic N) is 3. The topological polar surface area (TPSA) is 77.0 Å². The van der Waals surface area contributed by atoms with Crippen LogP contribution in [-0.4, -0.2) is 59.8 Å². The molecule has 1 aromatic rings. The second-order valence-corrected chi connectivity index (χ2v) is 7.71. The van der Waals surface area contributed by atoms with Gasteiger partial charge in [-0.3, -0.25) is 9.59 Å². The number of hydrogen-bond acceptors (Lipinski definition) is 3. The van der Waals surface area contributed by atoms with Crippen molar-refractivity contribution in [2.45, 2.75) is 58.7 Å². The summed E-state index contributed by atoms with van der Waals surface area (Å²) in [6.45, 7) is 8.31. The summed E-state index contributed by atoms with van der Waals surface area (Å²) in [5.74, 6) is 1.22. The Hall–Kier alpha value is -1.84. The number of nitrogens with one attached hydrogen (secondary N) is 2. The average Bonchev–Trinajstić information content (AvgIpc) is 3.36. The Morgan fingerprint density at radius 1 is 1.20 bits per heavy atom. The summed E-state index contributed by atoms with van der Waals surface area (Å²) in [4.78, 5) is 32.5. The molecule has 2 aliphatic heterocycles. The van der Waals surface area contributed by atoms with E-state index in [0.717, 1.165) is 56.1 Å². The fourth-order valence-electron chi connectivity index (χ4n) is 3.95. The minimum Gasteiger partial charge on any atom is -0.357 e. The molecule has 3 rings (SSSR count). The second kappa shape index (κ2) is 12.1. The molecule has 2 saturated heterocycles. The highest BCUT2D eigenvalue weighted by atomic mass is 127. The van der Waals surface area contributed by atoms with Gasteiger partial charge >= 0.3 is 0 Å². The lowest BCUT2D eigenvalue weighted by atomic mass is 10.1. The highest BCUT2D eigenvalue weighted by Crippen LogP contribution is 2.18. The van der Waals surface area contributed by atoms with E-state index in [2.05, 4.69) is 22.8 Å². The Kier molecular flexibility index (Phi) is 9.87. The standard InChI is InChI=1S/C22H33N5O2.HI/c1-3-20(28)27-13-11-19(16-27)25-22(23-4-2)24-14-17-8-5-6-9-18(17)15-26-12-7-10-21(26)29;/h5-6,8-9,19H,3-4,7,10-16H2,1-2H3,(H2,23,24,25);1H. The third-order valence-corrected chi connectivity index (χ3v) is 5.59. The highest BCUT2D eigenvalue weighted by Gasteiger charge is 2.26. The van der Waals surface area contributed by atoms with Crippen LogP contribution in [0.4, 0.5) is 0 Å². The van der Waals surface area contributed by atoms with Crippen molar-refractivity contribution in [3.05, 3.63) is 35.4 Å². The van der Waals surface area contributed by atoms with Gasteiger partial charge < -0.3 is 20.4 Å². The Morgan fingerprint density at radius 2 is 1.97 bits per heavy atom. The molecule has 1 aromatic carbocycles. The highest BCUT2D eigenvalue weighted by molar-refractivity contribution is 14.0. The molecule has 0 radical (unpaired) electrons. The van der Waals surface area contributed by atoms with Gasteiger partial charge in [-0.05, 0) is 30.9 Å².